The van der Waals surface area contributed by atoms with Gasteiger partial charge in [0.05, 0.1) is 29.5 Å². The van der Waals surface area contributed by atoms with Crippen molar-refractivity contribution in [3.8, 4) is 5.75 Å². The predicted octanol–water partition coefficient (Wildman–Crippen LogP) is 6.95. The molecular formula is C28H20Cl2I2N2O4S2. The third-order valence-electron chi connectivity index (χ3n) is 6.04. The van der Waals surface area contributed by atoms with Gasteiger partial charge in [0, 0.05) is 20.5 Å². The van der Waals surface area contributed by atoms with Gasteiger partial charge in [0.25, 0.3) is 5.56 Å². The number of benzene rings is 2. The Morgan fingerprint density at radius 2 is 1.93 bits per heavy atom. The number of hydrogen-bond donors (Lipinski definition) is 0. The van der Waals surface area contributed by atoms with Gasteiger partial charge >= 0.3 is 5.97 Å². The van der Waals surface area contributed by atoms with Crippen LogP contribution in [0, 0.1) is 7.14 Å². The van der Waals surface area contributed by atoms with Crippen LogP contribution >= 0.6 is 91.1 Å². The summed E-state index contributed by atoms with van der Waals surface area (Å²) in [5.41, 5.74) is 2.41. The van der Waals surface area contributed by atoms with Crippen LogP contribution in [0.1, 0.15) is 35.9 Å². The average Bonchev–Trinajstić information content (AvgIpc) is 3.52. The smallest absolute Gasteiger partial charge is 0.338 e. The van der Waals surface area contributed by atoms with Crippen molar-refractivity contribution in [1.29, 1.82) is 0 Å². The van der Waals surface area contributed by atoms with Crippen molar-refractivity contribution < 1.29 is 14.3 Å². The molecule has 2 aromatic carbocycles. The molecule has 1 aliphatic rings. The van der Waals surface area contributed by atoms with Crippen molar-refractivity contribution in [3.63, 3.8) is 0 Å². The lowest BCUT2D eigenvalue weighted by Gasteiger charge is -2.23. The first kappa shape index (κ1) is 29.8. The molecule has 1 atom stereocenters. The fourth-order valence-corrected chi connectivity index (χ4v) is 8.71. The van der Waals surface area contributed by atoms with E-state index in [9.17, 15) is 9.59 Å². The summed E-state index contributed by atoms with van der Waals surface area (Å²) >= 11 is 19.6. The first-order valence-electron chi connectivity index (χ1n) is 12.0. The molecule has 0 saturated carbocycles. The summed E-state index contributed by atoms with van der Waals surface area (Å²) < 4.78 is 15.4. The second kappa shape index (κ2) is 12.7. The molecule has 0 fully saturated rings. The van der Waals surface area contributed by atoms with Gasteiger partial charge < -0.3 is 9.47 Å². The lowest BCUT2D eigenvalue weighted by atomic mass is 10.0. The molecule has 206 valence electrons. The number of thiazole rings is 1. The Morgan fingerprint density at radius 3 is 2.58 bits per heavy atom. The maximum atomic E-state index is 13.8. The number of aromatic nitrogens is 1. The van der Waals surface area contributed by atoms with E-state index >= 15 is 0 Å². The number of hydrogen-bond acceptors (Lipinski definition) is 7. The molecule has 4 aromatic rings. The van der Waals surface area contributed by atoms with E-state index in [4.69, 9.17) is 32.7 Å². The number of ether oxygens (including phenoxy) is 2. The minimum atomic E-state index is -0.590. The van der Waals surface area contributed by atoms with Crippen LogP contribution in [-0.4, -0.2) is 17.1 Å². The van der Waals surface area contributed by atoms with Crippen LogP contribution in [0.15, 0.2) is 68.9 Å². The van der Waals surface area contributed by atoms with Crippen molar-refractivity contribution >= 4 is 103 Å². The number of esters is 1. The number of allylic oxidation sites excluding steroid dienone is 1. The molecule has 0 N–H and O–H groups in total. The van der Waals surface area contributed by atoms with E-state index in [-0.39, 0.29) is 12.2 Å². The summed E-state index contributed by atoms with van der Waals surface area (Å²) in [6, 6.07) is 12.5. The fraction of sp³-hybridized carbons (Fsp3) is 0.179. The monoisotopic (exact) mass is 836 g/mol. The van der Waals surface area contributed by atoms with Gasteiger partial charge in [-0.1, -0.05) is 46.7 Å². The highest BCUT2D eigenvalue weighted by molar-refractivity contribution is 14.1. The molecule has 2 aromatic heterocycles. The Labute approximate surface area is 275 Å². The van der Waals surface area contributed by atoms with E-state index in [0.29, 0.717) is 37.3 Å². The molecule has 1 aliphatic heterocycles. The molecule has 0 aliphatic carbocycles. The van der Waals surface area contributed by atoms with Crippen molar-refractivity contribution in [2.45, 2.75) is 26.5 Å². The largest absolute Gasteiger partial charge is 0.487 e. The first-order valence-corrected chi connectivity index (χ1v) is 16.6. The van der Waals surface area contributed by atoms with Crippen LogP contribution in [0.2, 0.25) is 10.0 Å². The Hall–Kier alpha value is -1.71. The lowest BCUT2D eigenvalue weighted by molar-refractivity contribution is -0.139. The summed E-state index contributed by atoms with van der Waals surface area (Å²) in [4.78, 5) is 32.8. The van der Waals surface area contributed by atoms with E-state index in [1.807, 2.05) is 41.8 Å². The van der Waals surface area contributed by atoms with E-state index in [2.05, 4.69) is 50.2 Å². The molecular weight excluding hydrogens is 817 g/mol. The summed E-state index contributed by atoms with van der Waals surface area (Å²) in [5.74, 6) is 0.272. The third kappa shape index (κ3) is 6.07. The molecule has 0 saturated heterocycles. The zero-order valence-electron chi connectivity index (χ0n) is 21.0. The van der Waals surface area contributed by atoms with E-state index in [0.717, 1.165) is 28.9 Å². The maximum absolute atomic E-state index is 13.8. The quantitative estimate of drug-likeness (QED) is 0.149. The van der Waals surface area contributed by atoms with E-state index in [1.54, 1.807) is 30.5 Å². The van der Waals surface area contributed by atoms with Gasteiger partial charge in [-0.2, -0.15) is 0 Å². The Balaban J connectivity index is 1.52. The van der Waals surface area contributed by atoms with Crippen LogP contribution in [0.25, 0.3) is 6.08 Å². The molecule has 5 rings (SSSR count). The number of nitrogens with zero attached hydrogens (tertiary/aromatic N) is 2. The van der Waals surface area contributed by atoms with Crippen LogP contribution in [0.3, 0.4) is 0 Å². The number of thiophene rings is 1. The summed E-state index contributed by atoms with van der Waals surface area (Å²) in [7, 11) is 0. The molecule has 6 nitrogen and oxygen atoms in total. The lowest BCUT2D eigenvalue weighted by Crippen LogP contribution is -2.39. The predicted molar refractivity (Wildman–Crippen MR) is 177 cm³/mol. The van der Waals surface area contributed by atoms with Crippen molar-refractivity contribution in [2.75, 3.05) is 6.61 Å². The van der Waals surface area contributed by atoms with Gasteiger partial charge in [0.1, 0.15) is 18.4 Å². The first-order chi connectivity index (χ1) is 19.2. The summed E-state index contributed by atoms with van der Waals surface area (Å²) in [6.45, 7) is 4.07. The highest BCUT2D eigenvalue weighted by atomic mass is 127. The number of rotatable bonds is 7. The molecule has 0 spiro atoms. The molecule has 0 bridgehead atoms. The molecule has 12 heteroatoms. The van der Waals surface area contributed by atoms with Gasteiger partial charge in [-0.3, -0.25) is 9.36 Å². The zero-order valence-corrected chi connectivity index (χ0v) is 28.5. The Bertz CT molecular complexity index is 1810. The van der Waals surface area contributed by atoms with Crippen LogP contribution in [0.5, 0.6) is 5.75 Å². The maximum Gasteiger partial charge on any atom is 0.338 e. The Morgan fingerprint density at radius 1 is 1.18 bits per heavy atom. The van der Waals surface area contributed by atoms with Gasteiger partial charge in [-0.15, -0.1) is 11.3 Å². The van der Waals surface area contributed by atoms with Crippen LogP contribution in [-0.2, 0) is 16.1 Å². The topological polar surface area (TPSA) is 69.9 Å². The molecule has 1 unspecified atom stereocenters. The van der Waals surface area contributed by atoms with Crippen LogP contribution < -0.4 is 19.6 Å². The normalized spacial score (nSPS) is 15.2. The second-order valence-corrected chi connectivity index (χ2v) is 13.8. The van der Waals surface area contributed by atoms with Crippen molar-refractivity contribution in [1.82, 2.24) is 4.57 Å². The average molecular weight is 837 g/mol. The van der Waals surface area contributed by atoms with Gasteiger partial charge in [0.2, 0.25) is 0 Å². The van der Waals surface area contributed by atoms with Gasteiger partial charge in [-0.05, 0) is 106 Å². The minimum absolute atomic E-state index is 0.209. The summed E-state index contributed by atoms with van der Waals surface area (Å²) in [6.07, 6.45) is 1.85. The molecule has 0 amide bonds. The highest BCUT2D eigenvalue weighted by Crippen LogP contribution is 2.34. The molecule has 40 heavy (non-hydrogen) atoms. The highest BCUT2D eigenvalue weighted by Gasteiger charge is 2.33. The number of carbonyl (C=O) groups excluding carboxylic acids is 1. The standard InChI is InChI=1S/C28H20Cl2I2N2O4S2/c1-3-37-27(36)23-14(2)33-28-34(24(23)21-5-4-8-39-21)26(35)22(40-28)11-15-9-19(31)25(20(32)10-15)38-13-16-6-7-17(29)12-18(16)30/h4-12,24H,3,13H2,1-2H3. The number of halogens is 4. The SMILES string of the molecule is CCOC(=O)C1=C(C)N=c2sc(=Cc3cc(I)c(OCc4ccc(Cl)cc4Cl)c(I)c3)c(=O)n2C1c1cccs1. The Kier molecular flexibility index (Phi) is 9.42. The van der Waals surface area contributed by atoms with E-state index in [1.165, 1.54) is 22.7 Å². The van der Waals surface area contributed by atoms with Crippen molar-refractivity contribution in [2.24, 2.45) is 4.99 Å². The number of carbonyl (C=O) groups is 1. The second-order valence-electron chi connectivity index (χ2n) is 8.66. The van der Waals surface area contributed by atoms with Gasteiger partial charge in [0.15, 0.2) is 4.80 Å². The number of fused-ring (bicyclic) bond motifs is 1. The summed E-state index contributed by atoms with van der Waals surface area (Å²) in [5, 5.41) is 3.05. The molecule has 3 heterocycles. The third-order valence-corrected chi connectivity index (χ3v) is 10.1. The van der Waals surface area contributed by atoms with Crippen molar-refractivity contribution in [3.05, 3.63) is 112 Å². The van der Waals surface area contributed by atoms with Gasteiger partial charge in [-0.25, -0.2) is 9.79 Å². The minimum Gasteiger partial charge on any atom is -0.487 e. The zero-order chi connectivity index (χ0) is 28.6. The molecule has 0 radical (unpaired) electrons. The van der Waals surface area contributed by atoms with Crippen LogP contribution in [0.4, 0.5) is 0 Å². The fourth-order valence-electron chi connectivity index (χ4n) is 4.25. The van der Waals surface area contributed by atoms with E-state index < -0.39 is 12.0 Å².